The Kier molecular flexibility index (Phi) is 4.71. The van der Waals surface area contributed by atoms with Crippen LogP contribution >= 0.6 is 0 Å². The summed E-state index contributed by atoms with van der Waals surface area (Å²) in [5, 5.41) is 11.8. The van der Waals surface area contributed by atoms with Crippen molar-refractivity contribution in [3.63, 3.8) is 0 Å². The van der Waals surface area contributed by atoms with Gasteiger partial charge in [0.15, 0.2) is 0 Å². The maximum absolute atomic E-state index is 12.3. The van der Waals surface area contributed by atoms with Gasteiger partial charge in [-0.3, -0.25) is 19.5 Å². The fourth-order valence-electron chi connectivity index (χ4n) is 3.00. The van der Waals surface area contributed by atoms with Crippen LogP contribution in [0.3, 0.4) is 0 Å². The molecule has 24 heavy (non-hydrogen) atoms. The number of amides is 1. The number of fused-ring (bicyclic) bond motifs is 1. The van der Waals surface area contributed by atoms with Gasteiger partial charge in [0.1, 0.15) is 5.69 Å². The first-order valence-corrected chi connectivity index (χ1v) is 8.05. The monoisotopic (exact) mass is 328 g/mol. The minimum atomic E-state index is -0.823. The van der Waals surface area contributed by atoms with E-state index in [1.165, 1.54) is 6.20 Å². The topological polar surface area (TPSA) is 95.4 Å². The lowest BCUT2D eigenvalue weighted by Crippen LogP contribution is -2.54. The Bertz CT molecular complexity index is 758. The molecule has 126 valence electrons. The number of carbonyl (C=O) groups excluding carboxylic acids is 1. The number of carbonyl (C=O) groups is 2. The van der Waals surface area contributed by atoms with Crippen LogP contribution in [0.1, 0.15) is 30.3 Å². The molecule has 0 aliphatic heterocycles. The van der Waals surface area contributed by atoms with Crippen molar-refractivity contribution in [2.75, 3.05) is 13.1 Å². The second-order valence-corrected chi connectivity index (χ2v) is 6.00. The predicted octanol–water partition coefficient (Wildman–Crippen LogP) is 1.30. The summed E-state index contributed by atoms with van der Waals surface area (Å²) in [6.07, 6.45) is 3.00. The van der Waals surface area contributed by atoms with E-state index >= 15 is 0 Å². The van der Waals surface area contributed by atoms with Crippen molar-refractivity contribution in [1.29, 1.82) is 0 Å². The van der Waals surface area contributed by atoms with Gasteiger partial charge in [-0.1, -0.05) is 19.1 Å². The lowest BCUT2D eigenvalue weighted by Gasteiger charge is -2.42. The Morgan fingerprint density at radius 2 is 2.00 bits per heavy atom. The second kappa shape index (κ2) is 6.92. The molecule has 1 aromatic heterocycles. The first-order valence-electron chi connectivity index (χ1n) is 8.05. The van der Waals surface area contributed by atoms with Crippen LogP contribution < -0.4 is 5.32 Å². The molecule has 1 aliphatic rings. The minimum Gasteiger partial charge on any atom is -0.480 e. The van der Waals surface area contributed by atoms with Crippen LogP contribution in [-0.4, -0.2) is 57.0 Å². The molecule has 1 amide bonds. The first-order chi connectivity index (χ1) is 11.6. The molecule has 1 aliphatic carbocycles. The van der Waals surface area contributed by atoms with Crippen molar-refractivity contribution in [1.82, 2.24) is 20.2 Å². The Morgan fingerprint density at radius 3 is 2.67 bits per heavy atom. The molecular formula is C17H20N4O3. The molecule has 0 radical (unpaired) electrons. The van der Waals surface area contributed by atoms with E-state index in [4.69, 9.17) is 5.11 Å². The van der Waals surface area contributed by atoms with Crippen molar-refractivity contribution in [2.45, 2.75) is 31.8 Å². The highest BCUT2D eigenvalue weighted by Gasteiger charge is 2.34. The molecule has 7 nitrogen and oxygen atoms in total. The van der Waals surface area contributed by atoms with E-state index in [0.717, 1.165) is 18.4 Å². The number of hydrogen-bond donors (Lipinski definition) is 2. The fraction of sp³-hybridized carbons (Fsp3) is 0.412. The molecule has 1 heterocycles. The van der Waals surface area contributed by atoms with Crippen LogP contribution in [0.2, 0.25) is 0 Å². The van der Waals surface area contributed by atoms with Crippen molar-refractivity contribution in [2.24, 2.45) is 0 Å². The normalized spacial score (nSPS) is 19.9. The number of rotatable bonds is 6. The summed E-state index contributed by atoms with van der Waals surface area (Å²) >= 11 is 0. The van der Waals surface area contributed by atoms with Crippen LogP contribution in [0.25, 0.3) is 11.0 Å². The highest BCUT2D eigenvalue weighted by atomic mass is 16.4. The zero-order valence-electron chi connectivity index (χ0n) is 13.5. The maximum atomic E-state index is 12.3. The van der Waals surface area contributed by atoms with Gasteiger partial charge < -0.3 is 10.4 Å². The van der Waals surface area contributed by atoms with Gasteiger partial charge in [0.25, 0.3) is 5.91 Å². The second-order valence-electron chi connectivity index (χ2n) is 6.00. The number of benzene rings is 1. The van der Waals surface area contributed by atoms with Gasteiger partial charge in [-0.15, -0.1) is 0 Å². The maximum Gasteiger partial charge on any atom is 0.317 e. The summed E-state index contributed by atoms with van der Waals surface area (Å²) in [6.45, 7) is 2.67. The van der Waals surface area contributed by atoms with E-state index < -0.39 is 5.97 Å². The van der Waals surface area contributed by atoms with E-state index in [0.29, 0.717) is 17.8 Å². The third-order valence-corrected chi connectivity index (χ3v) is 4.39. The molecule has 0 unspecified atom stereocenters. The van der Waals surface area contributed by atoms with Gasteiger partial charge in [-0.2, -0.15) is 0 Å². The van der Waals surface area contributed by atoms with Gasteiger partial charge in [0.05, 0.1) is 23.8 Å². The number of nitrogens with zero attached hydrogens (tertiary/aromatic N) is 3. The molecule has 1 aromatic carbocycles. The Balaban J connectivity index is 1.57. The highest BCUT2D eigenvalue weighted by Crippen LogP contribution is 2.25. The summed E-state index contributed by atoms with van der Waals surface area (Å²) in [7, 11) is 0. The first kappa shape index (κ1) is 16.3. The molecule has 3 rings (SSSR count). The zero-order chi connectivity index (χ0) is 17.1. The summed E-state index contributed by atoms with van der Waals surface area (Å²) in [5.74, 6) is -1.06. The van der Waals surface area contributed by atoms with Crippen LogP contribution in [0.15, 0.2) is 30.5 Å². The average molecular weight is 328 g/mol. The molecule has 0 bridgehead atoms. The van der Waals surface area contributed by atoms with Crippen LogP contribution in [0, 0.1) is 0 Å². The Labute approximate surface area is 139 Å². The van der Waals surface area contributed by atoms with Gasteiger partial charge in [-0.25, -0.2) is 4.98 Å². The van der Waals surface area contributed by atoms with E-state index in [1.54, 1.807) is 0 Å². The van der Waals surface area contributed by atoms with Gasteiger partial charge in [0.2, 0.25) is 0 Å². The van der Waals surface area contributed by atoms with Crippen molar-refractivity contribution in [3.8, 4) is 0 Å². The number of carboxylic acids is 1. The molecule has 1 saturated carbocycles. The Morgan fingerprint density at radius 1 is 1.29 bits per heavy atom. The lowest BCUT2D eigenvalue weighted by atomic mass is 9.85. The van der Waals surface area contributed by atoms with Crippen LogP contribution in [-0.2, 0) is 4.79 Å². The fourth-order valence-corrected chi connectivity index (χ4v) is 3.00. The summed E-state index contributed by atoms with van der Waals surface area (Å²) in [5.41, 5.74) is 1.75. The third-order valence-electron chi connectivity index (χ3n) is 4.39. The summed E-state index contributed by atoms with van der Waals surface area (Å²) < 4.78 is 0. The van der Waals surface area contributed by atoms with E-state index in [2.05, 4.69) is 15.3 Å². The standard InChI is InChI=1S/C17H20N4O3/c1-2-21(10-16(22)23)12-7-11(8-12)19-17(24)15-9-18-13-5-3-4-6-14(13)20-15/h3-6,9,11-12H,2,7-8,10H2,1H3,(H,19,24)(H,22,23). The molecule has 7 heteroatoms. The van der Waals surface area contributed by atoms with Crippen LogP contribution in [0.4, 0.5) is 0 Å². The minimum absolute atomic E-state index is 0.0397. The molecule has 2 N–H and O–H groups in total. The van der Waals surface area contributed by atoms with Crippen molar-refractivity contribution < 1.29 is 14.7 Å². The Hall–Kier alpha value is -2.54. The van der Waals surface area contributed by atoms with E-state index in [1.807, 2.05) is 36.1 Å². The number of para-hydroxylation sites is 2. The molecule has 0 saturated heterocycles. The van der Waals surface area contributed by atoms with E-state index in [-0.39, 0.29) is 24.5 Å². The van der Waals surface area contributed by atoms with Crippen molar-refractivity contribution >= 4 is 22.9 Å². The van der Waals surface area contributed by atoms with Gasteiger partial charge >= 0.3 is 5.97 Å². The largest absolute Gasteiger partial charge is 0.480 e. The number of hydrogen-bond acceptors (Lipinski definition) is 5. The molecule has 2 aromatic rings. The average Bonchev–Trinajstić information content (AvgIpc) is 2.55. The highest BCUT2D eigenvalue weighted by molar-refractivity contribution is 5.94. The zero-order valence-corrected chi connectivity index (χ0v) is 13.5. The predicted molar refractivity (Wildman–Crippen MR) is 88.7 cm³/mol. The quantitative estimate of drug-likeness (QED) is 0.830. The number of aromatic nitrogens is 2. The number of aliphatic carboxylic acids is 1. The SMILES string of the molecule is CCN(CC(=O)O)C1CC(NC(=O)c2cnc3ccccc3n2)C1. The third kappa shape index (κ3) is 3.51. The summed E-state index contributed by atoms with van der Waals surface area (Å²) in [4.78, 5) is 33.6. The van der Waals surface area contributed by atoms with E-state index in [9.17, 15) is 9.59 Å². The lowest BCUT2D eigenvalue weighted by molar-refractivity contribution is -0.139. The van der Waals surface area contributed by atoms with Gasteiger partial charge in [0, 0.05) is 12.1 Å². The molecule has 1 fully saturated rings. The van der Waals surface area contributed by atoms with Crippen LogP contribution in [0.5, 0.6) is 0 Å². The van der Waals surface area contributed by atoms with Crippen molar-refractivity contribution in [3.05, 3.63) is 36.2 Å². The number of nitrogens with one attached hydrogen (secondary N) is 1. The molecule has 0 atom stereocenters. The number of likely N-dealkylation sites (N-methyl/N-ethyl adjacent to an activating group) is 1. The smallest absolute Gasteiger partial charge is 0.317 e. The molecule has 0 spiro atoms. The van der Waals surface area contributed by atoms with Gasteiger partial charge in [-0.05, 0) is 31.5 Å². The summed E-state index contributed by atoms with van der Waals surface area (Å²) in [6, 6.07) is 7.67. The number of carboxylic acid groups (broad SMARTS) is 1. The molecular weight excluding hydrogens is 308 g/mol.